The number of nitrogens with zero attached hydrogens (tertiary/aromatic N) is 1. The molecule has 2 heterocycles. The van der Waals surface area contributed by atoms with Crippen LogP contribution in [-0.2, 0) is 4.79 Å². The van der Waals surface area contributed by atoms with Gasteiger partial charge in [0.25, 0.3) is 0 Å². The Labute approximate surface area is 131 Å². The maximum Gasteiger partial charge on any atom is 0.241 e. The minimum Gasteiger partial charge on any atom is -0.317 e. The first kappa shape index (κ1) is 15.0. The monoisotopic (exact) mass is 306 g/mol. The van der Waals surface area contributed by atoms with Crippen molar-refractivity contribution in [3.63, 3.8) is 0 Å². The van der Waals surface area contributed by atoms with Crippen molar-refractivity contribution < 1.29 is 4.79 Å². The maximum absolute atomic E-state index is 12.9. The van der Waals surface area contributed by atoms with Gasteiger partial charge in [-0.05, 0) is 43.2 Å². The van der Waals surface area contributed by atoms with Gasteiger partial charge in [-0.2, -0.15) is 0 Å². The molecule has 2 fully saturated rings. The lowest BCUT2D eigenvalue weighted by Gasteiger charge is -2.25. The van der Waals surface area contributed by atoms with Crippen LogP contribution in [0.25, 0.3) is 0 Å². The van der Waals surface area contributed by atoms with Crippen LogP contribution in [0.5, 0.6) is 0 Å². The summed E-state index contributed by atoms with van der Waals surface area (Å²) in [4.78, 5) is 17.6. The van der Waals surface area contributed by atoms with E-state index in [1.807, 2.05) is 0 Å². The van der Waals surface area contributed by atoms with Crippen molar-refractivity contribution in [2.24, 2.45) is 11.3 Å². The topological polar surface area (TPSA) is 32.3 Å². The van der Waals surface area contributed by atoms with Crippen molar-refractivity contribution >= 4 is 17.2 Å². The number of carbonyl (C=O) groups is 1. The third-order valence-electron chi connectivity index (χ3n) is 4.72. The Morgan fingerprint density at radius 3 is 2.57 bits per heavy atom. The minimum atomic E-state index is -0.0196. The van der Waals surface area contributed by atoms with Crippen LogP contribution in [0.3, 0.4) is 0 Å². The third-order valence-corrected chi connectivity index (χ3v) is 5.78. The van der Waals surface area contributed by atoms with Gasteiger partial charge in [0.1, 0.15) is 6.17 Å². The number of thiophene rings is 1. The molecule has 3 nitrogen and oxygen atoms in total. The van der Waals surface area contributed by atoms with Crippen molar-refractivity contribution in [3.8, 4) is 0 Å². The van der Waals surface area contributed by atoms with E-state index in [1.165, 1.54) is 9.75 Å². The van der Waals surface area contributed by atoms with Gasteiger partial charge in [-0.1, -0.05) is 27.7 Å². The van der Waals surface area contributed by atoms with Crippen LogP contribution in [-0.4, -0.2) is 22.9 Å². The normalized spacial score (nSPS) is 31.2. The Bertz CT molecular complexity index is 549. The van der Waals surface area contributed by atoms with E-state index < -0.39 is 0 Å². The van der Waals surface area contributed by atoms with E-state index in [4.69, 9.17) is 0 Å². The van der Waals surface area contributed by atoms with E-state index in [1.54, 1.807) is 11.3 Å². The fraction of sp³-hybridized carbons (Fsp3) is 0.706. The summed E-state index contributed by atoms with van der Waals surface area (Å²) in [6.07, 6.45) is 2.12. The lowest BCUT2D eigenvalue weighted by Crippen LogP contribution is -2.35. The van der Waals surface area contributed by atoms with Crippen LogP contribution in [0.2, 0.25) is 0 Å². The Balaban J connectivity index is 1.87. The lowest BCUT2D eigenvalue weighted by molar-refractivity contribution is -0.131. The molecule has 1 aromatic rings. The Morgan fingerprint density at radius 2 is 2.10 bits per heavy atom. The molecule has 1 saturated carbocycles. The summed E-state index contributed by atoms with van der Waals surface area (Å²) in [5, 5.41) is 3.60. The number of aryl methyl sites for hydroxylation is 1. The van der Waals surface area contributed by atoms with Crippen LogP contribution in [0.15, 0.2) is 12.1 Å². The highest BCUT2D eigenvalue weighted by Crippen LogP contribution is 2.52. The van der Waals surface area contributed by atoms with Gasteiger partial charge in [0.2, 0.25) is 5.91 Å². The summed E-state index contributed by atoms with van der Waals surface area (Å²) in [5.41, 5.74) is 0.272. The molecule has 3 atom stereocenters. The van der Waals surface area contributed by atoms with E-state index >= 15 is 0 Å². The van der Waals surface area contributed by atoms with Gasteiger partial charge in [-0.3, -0.25) is 10.1 Å². The minimum absolute atomic E-state index is 0.0196. The fourth-order valence-electron chi connectivity index (χ4n) is 3.36. The highest BCUT2D eigenvalue weighted by molar-refractivity contribution is 7.12. The number of hydrogen-bond donors (Lipinski definition) is 1. The zero-order chi connectivity index (χ0) is 15.4. The predicted molar refractivity (Wildman–Crippen MR) is 87.2 cm³/mol. The molecule has 0 spiro atoms. The highest BCUT2D eigenvalue weighted by Gasteiger charge is 2.56. The van der Waals surface area contributed by atoms with Crippen LogP contribution in [0, 0.1) is 18.3 Å². The van der Waals surface area contributed by atoms with Crippen molar-refractivity contribution in [3.05, 3.63) is 21.9 Å². The molecule has 1 amide bonds. The number of carbonyl (C=O) groups excluding carboxylic acids is 1. The molecule has 0 radical (unpaired) electrons. The lowest BCUT2D eigenvalue weighted by atomic mass is 10.0. The van der Waals surface area contributed by atoms with Crippen molar-refractivity contribution in [1.29, 1.82) is 0 Å². The predicted octanol–water partition coefficient (Wildman–Crippen LogP) is 3.70. The Morgan fingerprint density at radius 1 is 1.43 bits per heavy atom. The van der Waals surface area contributed by atoms with Crippen LogP contribution >= 0.6 is 11.3 Å². The zero-order valence-corrected chi connectivity index (χ0v) is 14.5. The van der Waals surface area contributed by atoms with Gasteiger partial charge in [-0.15, -0.1) is 11.3 Å². The van der Waals surface area contributed by atoms with Gasteiger partial charge in [0.15, 0.2) is 0 Å². The molecule has 1 saturated heterocycles. The molecule has 1 aromatic heterocycles. The van der Waals surface area contributed by atoms with E-state index in [9.17, 15) is 4.79 Å². The SMILES string of the molecule is Cc1ccc(C2NC(CC(C)C)C(=O)N2C2CC2(C)C)s1. The van der Waals surface area contributed by atoms with Gasteiger partial charge in [0, 0.05) is 15.8 Å². The fourth-order valence-corrected chi connectivity index (χ4v) is 4.29. The molecule has 3 unspecified atom stereocenters. The summed E-state index contributed by atoms with van der Waals surface area (Å²) < 4.78 is 0. The summed E-state index contributed by atoms with van der Waals surface area (Å²) in [6.45, 7) is 11.0. The first-order valence-corrected chi connectivity index (χ1v) is 8.76. The van der Waals surface area contributed by atoms with E-state index in [-0.39, 0.29) is 17.6 Å². The first-order chi connectivity index (χ1) is 9.79. The average Bonchev–Trinajstić information content (AvgIpc) is 2.73. The largest absolute Gasteiger partial charge is 0.317 e. The zero-order valence-electron chi connectivity index (χ0n) is 13.6. The molecule has 4 heteroatoms. The molecule has 0 aromatic carbocycles. The summed E-state index contributed by atoms with van der Waals surface area (Å²) >= 11 is 1.80. The van der Waals surface area contributed by atoms with E-state index in [0.29, 0.717) is 17.9 Å². The molecule has 0 bridgehead atoms. The maximum atomic E-state index is 12.9. The molecule has 2 aliphatic rings. The summed E-state index contributed by atoms with van der Waals surface area (Å²) in [5.74, 6) is 0.833. The molecule has 1 aliphatic heterocycles. The third kappa shape index (κ3) is 2.76. The standard InChI is InChI=1S/C17H26N2OS/c1-10(2)8-12-16(20)19(14-9-17(14,4)5)15(18-12)13-7-6-11(3)21-13/h6-7,10,12,14-15,18H,8-9H2,1-5H3. The van der Waals surface area contributed by atoms with Crippen molar-refractivity contribution in [2.75, 3.05) is 0 Å². The van der Waals surface area contributed by atoms with Crippen molar-refractivity contribution in [1.82, 2.24) is 10.2 Å². The van der Waals surface area contributed by atoms with Gasteiger partial charge >= 0.3 is 0 Å². The second kappa shape index (κ2) is 5.10. The molecule has 1 aliphatic carbocycles. The smallest absolute Gasteiger partial charge is 0.241 e. The van der Waals surface area contributed by atoms with Gasteiger partial charge in [-0.25, -0.2) is 0 Å². The van der Waals surface area contributed by atoms with E-state index in [2.05, 4.69) is 57.0 Å². The van der Waals surface area contributed by atoms with Crippen LogP contribution in [0.4, 0.5) is 0 Å². The van der Waals surface area contributed by atoms with Crippen LogP contribution < -0.4 is 5.32 Å². The summed E-state index contributed by atoms with van der Waals surface area (Å²) in [6, 6.07) is 4.69. The second-order valence-electron chi connectivity index (χ2n) is 7.65. The summed E-state index contributed by atoms with van der Waals surface area (Å²) in [7, 11) is 0. The Kier molecular flexibility index (Phi) is 3.65. The first-order valence-electron chi connectivity index (χ1n) is 7.94. The quantitative estimate of drug-likeness (QED) is 0.920. The number of hydrogen-bond acceptors (Lipinski definition) is 3. The van der Waals surface area contributed by atoms with Gasteiger partial charge < -0.3 is 4.90 Å². The van der Waals surface area contributed by atoms with Crippen molar-refractivity contribution in [2.45, 2.75) is 65.7 Å². The molecule has 116 valence electrons. The Hall–Kier alpha value is -0.870. The van der Waals surface area contributed by atoms with Crippen LogP contribution in [0.1, 0.15) is 56.5 Å². The number of nitrogens with one attached hydrogen (secondary N) is 1. The van der Waals surface area contributed by atoms with Gasteiger partial charge in [0.05, 0.1) is 6.04 Å². The molecule has 21 heavy (non-hydrogen) atoms. The van der Waals surface area contributed by atoms with E-state index in [0.717, 1.165) is 12.8 Å². The highest BCUT2D eigenvalue weighted by atomic mass is 32.1. The molecule has 1 N–H and O–H groups in total. The average molecular weight is 306 g/mol. The number of rotatable bonds is 4. The molecular weight excluding hydrogens is 280 g/mol. The second-order valence-corrected chi connectivity index (χ2v) is 8.97. The molecular formula is C17H26N2OS. The molecule has 3 rings (SSSR count). The number of amides is 1.